The van der Waals surface area contributed by atoms with Crippen LogP contribution in [0.25, 0.3) is 10.9 Å². The Morgan fingerprint density at radius 2 is 1.83 bits per heavy atom. The highest BCUT2D eigenvalue weighted by Gasteiger charge is 2.19. The lowest BCUT2D eigenvalue weighted by Crippen LogP contribution is -2.11. The molecule has 3 aromatic rings. The fraction of sp³-hybridized carbons (Fsp3) is 0.200. The minimum absolute atomic E-state index is 0.0942. The van der Waals surface area contributed by atoms with Crippen molar-refractivity contribution in [1.29, 1.82) is 0 Å². The van der Waals surface area contributed by atoms with Crippen LogP contribution in [-0.4, -0.2) is 11.0 Å². The quantitative estimate of drug-likeness (QED) is 0.659. The first kappa shape index (κ1) is 16.1. The van der Waals surface area contributed by atoms with E-state index in [1.807, 2.05) is 38.1 Å². The average Bonchev–Trinajstić information content (AvgIpc) is 2.60. The van der Waals surface area contributed by atoms with Crippen LogP contribution in [-0.2, 0) is 17.8 Å². The largest absolute Gasteiger partial charge is 0.457 e. The SMILES string of the molecule is CCc1nc2ccccc2c(C(=O)OCc2ccccc2F)c1C. The monoisotopic (exact) mass is 323 g/mol. The van der Waals surface area contributed by atoms with Gasteiger partial charge in [-0.05, 0) is 31.0 Å². The summed E-state index contributed by atoms with van der Waals surface area (Å²) in [5.41, 5.74) is 3.31. The number of halogens is 1. The molecule has 0 saturated heterocycles. The first-order chi connectivity index (χ1) is 11.6. The van der Waals surface area contributed by atoms with Crippen LogP contribution in [0.4, 0.5) is 4.39 Å². The van der Waals surface area contributed by atoms with Crippen LogP contribution in [0.15, 0.2) is 48.5 Å². The summed E-state index contributed by atoms with van der Waals surface area (Å²) in [6.45, 7) is 3.78. The minimum atomic E-state index is -0.455. The molecule has 122 valence electrons. The number of hydrogen-bond acceptors (Lipinski definition) is 3. The Kier molecular flexibility index (Phi) is 4.56. The first-order valence-corrected chi connectivity index (χ1v) is 7.90. The van der Waals surface area contributed by atoms with Crippen molar-refractivity contribution in [3.63, 3.8) is 0 Å². The van der Waals surface area contributed by atoms with Gasteiger partial charge in [0.1, 0.15) is 12.4 Å². The van der Waals surface area contributed by atoms with Crippen molar-refractivity contribution in [2.45, 2.75) is 26.9 Å². The Bertz CT molecular complexity index is 905. The van der Waals surface area contributed by atoms with Gasteiger partial charge in [0.2, 0.25) is 0 Å². The second-order valence-corrected chi connectivity index (χ2v) is 5.60. The van der Waals surface area contributed by atoms with E-state index in [2.05, 4.69) is 4.98 Å². The maximum absolute atomic E-state index is 13.7. The standard InChI is InChI=1S/C20H18FNO2/c1-3-17-13(2)19(15-9-5-7-11-18(15)22-17)20(23)24-12-14-8-4-6-10-16(14)21/h4-11H,3,12H2,1-2H3. The zero-order valence-electron chi connectivity index (χ0n) is 13.7. The molecule has 3 rings (SSSR count). The molecule has 2 aromatic carbocycles. The molecule has 0 fully saturated rings. The molecule has 0 aliphatic rings. The summed E-state index contributed by atoms with van der Waals surface area (Å²) in [6, 6.07) is 13.8. The highest BCUT2D eigenvalue weighted by Crippen LogP contribution is 2.24. The van der Waals surface area contributed by atoms with Gasteiger partial charge in [-0.3, -0.25) is 4.98 Å². The van der Waals surface area contributed by atoms with E-state index in [1.165, 1.54) is 6.07 Å². The van der Waals surface area contributed by atoms with Crippen molar-refractivity contribution < 1.29 is 13.9 Å². The molecule has 0 amide bonds. The van der Waals surface area contributed by atoms with Crippen molar-refractivity contribution in [2.24, 2.45) is 0 Å². The van der Waals surface area contributed by atoms with Crippen molar-refractivity contribution in [1.82, 2.24) is 4.98 Å². The van der Waals surface area contributed by atoms with E-state index in [0.29, 0.717) is 11.1 Å². The van der Waals surface area contributed by atoms with Crippen LogP contribution < -0.4 is 0 Å². The molecule has 1 aromatic heterocycles. The number of para-hydroxylation sites is 1. The molecule has 3 nitrogen and oxygen atoms in total. The minimum Gasteiger partial charge on any atom is -0.457 e. The predicted molar refractivity (Wildman–Crippen MR) is 91.4 cm³/mol. The number of esters is 1. The topological polar surface area (TPSA) is 39.2 Å². The molecule has 0 N–H and O–H groups in total. The van der Waals surface area contributed by atoms with Crippen LogP contribution in [0.1, 0.15) is 34.1 Å². The number of fused-ring (bicyclic) bond motifs is 1. The first-order valence-electron chi connectivity index (χ1n) is 7.90. The normalized spacial score (nSPS) is 10.8. The lowest BCUT2D eigenvalue weighted by Gasteiger charge is -2.13. The van der Waals surface area contributed by atoms with E-state index in [-0.39, 0.29) is 12.4 Å². The number of carbonyl (C=O) groups excluding carboxylic acids is 1. The number of aryl methyl sites for hydroxylation is 1. The van der Waals surface area contributed by atoms with Crippen LogP contribution in [0, 0.1) is 12.7 Å². The van der Waals surface area contributed by atoms with Gasteiger partial charge in [-0.2, -0.15) is 0 Å². The second kappa shape index (κ2) is 6.79. The second-order valence-electron chi connectivity index (χ2n) is 5.60. The Labute approximate surface area is 140 Å². The molecule has 0 atom stereocenters. The van der Waals surface area contributed by atoms with E-state index in [1.54, 1.807) is 18.2 Å². The van der Waals surface area contributed by atoms with E-state index in [4.69, 9.17) is 4.74 Å². The number of benzene rings is 2. The molecule has 0 aliphatic heterocycles. The molecule has 0 radical (unpaired) electrons. The van der Waals surface area contributed by atoms with E-state index in [0.717, 1.165) is 28.6 Å². The van der Waals surface area contributed by atoms with Gasteiger partial charge in [0.05, 0.1) is 11.1 Å². The van der Waals surface area contributed by atoms with Crippen molar-refractivity contribution in [2.75, 3.05) is 0 Å². The summed E-state index contributed by atoms with van der Waals surface area (Å²) in [5.74, 6) is -0.833. The smallest absolute Gasteiger partial charge is 0.339 e. The van der Waals surface area contributed by atoms with Gasteiger partial charge in [-0.25, -0.2) is 9.18 Å². The fourth-order valence-corrected chi connectivity index (χ4v) is 2.80. The van der Waals surface area contributed by atoms with Gasteiger partial charge in [0.25, 0.3) is 0 Å². The number of aromatic nitrogens is 1. The number of hydrogen-bond donors (Lipinski definition) is 0. The lowest BCUT2D eigenvalue weighted by molar-refractivity contribution is 0.0470. The van der Waals surface area contributed by atoms with Crippen molar-refractivity contribution in [3.05, 3.63) is 76.7 Å². The van der Waals surface area contributed by atoms with Crippen LogP contribution >= 0.6 is 0 Å². The van der Waals surface area contributed by atoms with E-state index < -0.39 is 5.97 Å². The summed E-state index contributed by atoms with van der Waals surface area (Å²) < 4.78 is 19.1. The average molecular weight is 323 g/mol. The maximum atomic E-state index is 13.7. The number of rotatable bonds is 4. The van der Waals surface area contributed by atoms with Gasteiger partial charge in [-0.1, -0.05) is 43.3 Å². The van der Waals surface area contributed by atoms with Gasteiger partial charge in [0.15, 0.2) is 0 Å². The molecular formula is C20H18FNO2. The number of nitrogens with zero attached hydrogens (tertiary/aromatic N) is 1. The molecule has 0 bridgehead atoms. The summed E-state index contributed by atoms with van der Waals surface area (Å²) in [4.78, 5) is 17.3. The molecule has 0 aliphatic carbocycles. The van der Waals surface area contributed by atoms with Crippen LogP contribution in [0.2, 0.25) is 0 Å². The van der Waals surface area contributed by atoms with Crippen molar-refractivity contribution in [3.8, 4) is 0 Å². The molecule has 0 saturated carbocycles. The lowest BCUT2D eigenvalue weighted by atomic mass is 10.0. The van der Waals surface area contributed by atoms with Crippen LogP contribution in [0.3, 0.4) is 0 Å². The molecule has 4 heteroatoms. The molecule has 0 spiro atoms. The molecular weight excluding hydrogens is 305 g/mol. The third-order valence-electron chi connectivity index (χ3n) is 4.09. The van der Waals surface area contributed by atoms with E-state index >= 15 is 0 Å². The molecule has 0 unspecified atom stereocenters. The molecule has 1 heterocycles. The van der Waals surface area contributed by atoms with Gasteiger partial charge in [0, 0.05) is 16.6 Å². The Morgan fingerprint density at radius 1 is 1.12 bits per heavy atom. The fourth-order valence-electron chi connectivity index (χ4n) is 2.80. The van der Waals surface area contributed by atoms with Gasteiger partial charge in [-0.15, -0.1) is 0 Å². The number of ether oxygens (including phenoxy) is 1. The number of carbonyl (C=O) groups is 1. The van der Waals surface area contributed by atoms with Crippen molar-refractivity contribution >= 4 is 16.9 Å². The Hall–Kier alpha value is -2.75. The zero-order valence-corrected chi connectivity index (χ0v) is 13.7. The highest BCUT2D eigenvalue weighted by molar-refractivity contribution is 6.04. The third kappa shape index (κ3) is 3.00. The summed E-state index contributed by atoms with van der Waals surface area (Å²) >= 11 is 0. The van der Waals surface area contributed by atoms with E-state index in [9.17, 15) is 9.18 Å². The highest BCUT2D eigenvalue weighted by atomic mass is 19.1. The Balaban J connectivity index is 1.97. The van der Waals surface area contributed by atoms with Gasteiger partial charge >= 0.3 is 5.97 Å². The summed E-state index contributed by atoms with van der Waals surface area (Å²) in [6.07, 6.45) is 0.726. The Morgan fingerprint density at radius 3 is 2.58 bits per heavy atom. The molecule has 24 heavy (non-hydrogen) atoms. The van der Waals surface area contributed by atoms with Crippen LogP contribution in [0.5, 0.6) is 0 Å². The van der Waals surface area contributed by atoms with Gasteiger partial charge < -0.3 is 4.74 Å². The predicted octanol–water partition coefficient (Wildman–Crippen LogP) is 4.60. The maximum Gasteiger partial charge on any atom is 0.339 e. The third-order valence-corrected chi connectivity index (χ3v) is 4.09. The number of pyridine rings is 1. The zero-order chi connectivity index (χ0) is 17.1. The summed E-state index contributed by atoms with van der Waals surface area (Å²) in [5, 5.41) is 0.755. The summed E-state index contributed by atoms with van der Waals surface area (Å²) in [7, 11) is 0.